The maximum Gasteiger partial charge on any atom is 0.0675 e. The van der Waals surface area contributed by atoms with Crippen LogP contribution in [0.15, 0.2) is 0 Å². The summed E-state index contributed by atoms with van der Waals surface area (Å²) in [5.41, 5.74) is 0. The fraction of sp³-hybridized carbons (Fsp3) is 1.00. The molecular formula is C10H30N2Si2. The predicted octanol–water partition coefficient (Wildman–Crippen LogP) is 3.35. The minimum atomic E-state index is -1.11. The zero-order chi connectivity index (χ0) is 12.2. The van der Waals surface area contributed by atoms with Crippen LogP contribution in [0, 0.1) is 0 Å². The lowest BCUT2D eigenvalue weighted by Gasteiger charge is -2.45. The zero-order valence-electron chi connectivity index (χ0n) is 11.9. The summed E-state index contributed by atoms with van der Waals surface area (Å²) >= 11 is 0. The van der Waals surface area contributed by atoms with E-state index >= 15 is 0 Å². The summed E-state index contributed by atoms with van der Waals surface area (Å²) in [6, 6.07) is 0. The first-order valence-electron chi connectivity index (χ1n) is 5.24. The molecule has 0 bridgehead atoms. The first kappa shape index (κ1) is 16.8. The fourth-order valence-corrected chi connectivity index (χ4v) is 9.06. The second-order valence-corrected chi connectivity index (χ2v) is 16.7. The molecule has 0 aromatic heterocycles. The number of rotatable bonds is 2. The van der Waals surface area contributed by atoms with Gasteiger partial charge in [0.05, 0.1) is 28.2 Å². The van der Waals surface area contributed by atoms with Crippen molar-refractivity contribution in [1.82, 2.24) is 0 Å². The highest BCUT2D eigenvalue weighted by atomic mass is 28.4. The van der Waals surface area contributed by atoms with E-state index in [1.165, 1.54) is 0 Å². The molecule has 0 spiro atoms. The minimum Gasteiger partial charge on any atom is -0.668 e. The molecule has 0 unspecified atom stereocenters. The Bertz CT molecular complexity index is 131. The molecule has 0 aliphatic rings. The summed E-state index contributed by atoms with van der Waals surface area (Å²) in [6.45, 7) is 13.8. The molecule has 4 heteroatoms. The zero-order valence-corrected chi connectivity index (χ0v) is 13.9. The van der Waals surface area contributed by atoms with Crippen LogP contribution in [0.25, 0.3) is 4.65 Å². The summed E-state index contributed by atoms with van der Waals surface area (Å²) in [7, 11) is 6.29. The maximum atomic E-state index is 4.82. The van der Waals surface area contributed by atoms with E-state index in [0.29, 0.717) is 0 Å². The molecule has 88 valence electrons. The lowest BCUT2D eigenvalue weighted by Crippen LogP contribution is -2.32. The normalized spacial score (nSPS) is 13.3. The summed E-state index contributed by atoms with van der Waals surface area (Å²) in [5, 5.41) is 0. The van der Waals surface area contributed by atoms with Crippen molar-refractivity contribution < 1.29 is 4.48 Å². The molecule has 0 radical (unpaired) electrons. The minimum absolute atomic E-state index is 1.00. The number of quaternary nitrogens is 1. The molecule has 0 atom stereocenters. The standard InChI is InChI=1S/C6H18NSi2.C4H12N/c1-8(2,3)7-9(4,5)6;1-5(2,3)4/h1-6H3;1-4H3/q-1;+1. The summed E-state index contributed by atoms with van der Waals surface area (Å²) in [4.78, 5) is 0. The van der Waals surface area contributed by atoms with Crippen LogP contribution in [0.1, 0.15) is 0 Å². The van der Waals surface area contributed by atoms with Gasteiger partial charge in [-0.05, 0) is 0 Å². The van der Waals surface area contributed by atoms with E-state index in [2.05, 4.69) is 67.5 Å². The molecule has 0 rings (SSSR count). The quantitative estimate of drug-likeness (QED) is 0.514. The largest absolute Gasteiger partial charge is 0.668 e. The molecule has 0 saturated heterocycles. The average Bonchev–Trinajstić information content (AvgIpc) is 1.42. The van der Waals surface area contributed by atoms with Gasteiger partial charge in [-0.3, -0.25) is 0 Å². The number of hydrogen-bond donors (Lipinski definition) is 0. The molecular weight excluding hydrogens is 204 g/mol. The van der Waals surface area contributed by atoms with Gasteiger partial charge >= 0.3 is 0 Å². The van der Waals surface area contributed by atoms with Crippen molar-refractivity contribution in [3.8, 4) is 0 Å². The van der Waals surface area contributed by atoms with Crippen LogP contribution >= 0.6 is 0 Å². The Hall–Kier alpha value is 0.354. The van der Waals surface area contributed by atoms with E-state index < -0.39 is 16.5 Å². The van der Waals surface area contributed by atoms with Crippen molar-refractivity contribution in [2.45, 2.75) is 39.3 Å². The number of hydrogen-bond acceptors (Lipinski definition) is 0. The smallest absolute Gasteiger partial charge is 0.0675 e. The second-order valence-electron chi connectivity index (χ2n) is 7.14. The molecule has 0 aromatic carbocycles. The number of nitrogens with zero attached hydrogens (tertiary/aromatic N) is 2. The van der Waals surface area contributed by atoms with Gasteiger partial charge in [-0.15, -0.1) is 0 Å². The Kier molecular flexibility index (Phi) is 6.52. The Balaban J connectivity index is 0. The van der Waals surface area contributed by atoms with E-state index in [0.717, 1.165) is 4.48 Å². The van der Waals surface area contributed by atoms with Gasteiger partial charge in [0.15, 0.2) is 0 Å². The third-order valence-corrected chi connectivity index (χ3v) is 6.04. The Morgan fingerprint density at radius 2 is 0.786 bits per heavy atom. The molecule has 0 N–H and O–H groups in total. The Morgan fingerprint density at radius 1 is 0.643 bits per heavy atom. The summed E-state index contributed by atoms with van der Waals surface area (Å²) in [6.07, 6.45) is 0. The molecule has 14 heavy (non-hydrogen) atoms. The van der Waals surface area contributed by atoms with Gasteiger partial charge in [0.1, 0.15) is 0 Å². The van der Waals surface area contributed by atoms with Crippen LogP contribution in [0.4, 0.5) is 0 Å². The van der Waals surface area contributed by atoms with Crippen molar-refractivity contribution in [3.05, 3.63) is 4.65 Å². The Labute approximate surface area is 93.5 Å². The molecule has 2 nitrogen and oxygen atoms in total. The van der Waals surface area contributed by atoms with Crippen LogP contribution in [0.5, 0.6) is 0 Å². The molecule has 0 heterocycles. The SMILES string of the molecule is C[N+](C)(C)C.C[Si](C)(C)[N-][Si](C)(C)C. The first-order valence-corrected chi connectivity index (χ1v) is 12.1. The molecule has 0 aliphatic carbocycles. The maximum absolute atomic E-state index is 4.82. The van der Waals surface area contributed by atoms with Gasteiger partial charge in [0, 0.05) is 0 Å². The van der Waals surface area contributed by atoms with Crippen LogP contribution in [0.3, 0.4) is 0 Å². The van der Waals surface area contributed by atoms with Gasteiger partial charge < -0.3 is 9.13 Å². The highest BCUT2D eigenvalue weighted by Crippen LogP contribution is 2.19. The fourth-order valence-electron chi connectivity index (χ4n) is 1.01. The average molecular weight is 235 g/mol. The molecule has 0 saturated carbocycles. The van der Waals surface area contributed by atoms with Gasteiger partial charge in [-0.2, -0.15) is 0 Å². The summed E-state index contributed by atoms with van der Waals surface area (Å²) in [5.74, 6) is 0. The Morgan fingerprint density at radius 3 is 0.786 bits per heavy atom. The highest BCUT2D eigenvalue weighted by Gasteiger charge is 2.07. The third-order valence-electron chi connectivity index (χ3n) is 0.671. The predicted molar refractivity (Wildman–Crippen MR) is 74.0 cm³/mol. The monoisotopic (exact) mass is 234 g/mol. The molecule has 0 fully saturated rings. The van der Waals surface area contributed by atoms with E-state index in [-0.39, 0.29) is 0 Å². The van der Waals surface area contributed by atoms with Crippen LogP contribution in [0.2, 0.25) is 39.3 Å². The van der Waals surface area contributed by atoms with Crippen LogP contribution in [-0.4, -0.2) is 49.1 Å². The van der Waals surface area contributed by atoms with Crippen LogP contribution in [-0.2, 0) is 0 Å². The van der Waals surface area contributed by atoms with Crippen molar-refractivity contribution in [1.29, 1.82) is 0 Å². The van der Waals surface area contributed by atoms with Crippen molar-refractivity contribution in [2.24, 2.45) is 0 Å². The lowest BCUT2D eigenvalue weighted by atomic mass is 10.8. The van der Waals surface area contributed by atoms with E-state index in [1.54, 1.807) is 0 Å². The molecule has 0 aromatic rings. The van der Waals surface area contributed by atoms with E-state index in [1.807, 2.05) is 0 Å². The first-order chi connectivity index (χ1) is 5.71. The van der Waals surface area contributed by atoms with Gasteiger partial charge in [-0.25, -0.2) is 0 Å². The van der Waals surface area contributed by atoms with Gasteiger partial charge in [0.25, 0.3) is 0 Å². The van der Waals surface area contributed by atoms with E-state index in [9.17, 15) is 0 Å². The van der Waals surface area contributed by atoms with Crippen molar-refractivity contribution in [2.75, 3.05) is 28.2 Å². The van der Waals surface area contributed by atoms with Crippen LogP contribution < -0.4 is 0 Å². The summed E-state index contributed by atoms with van der Waals surface area (Å²) < 4.78 is 5.82. The van der Waals surface area contributed by atoms with Crippen molar-refractivity contribution in [3.63, 3.8) is 0 Å². The topological polar surface area (TPSA) is 14.1 Å². The van der Waals surface area contributed by atoms with Gasteiger partial charge in [0.2, 0.25) is 0 Å². The second kappa shape index (κ2) is 5.44. The third kappa shape index (κ3) is 39.4. The van der Waals surface area contributed by atoms with Crippen molar-refractivity contribution >= 4 is 16.5 Å². The molecule has 0 amide bonds. The molecule has 0 aliphatic heterocycles. The van der Waals surface area contributed by atoms with Gasteiger partial charge in [-0.1, -0.05) is 55.8 Å². The lowest BCUT2D eigenvalue weighted by molar-refractivity contribution is -0.849. The van der Waals surface area contributed by atoms with E-state index in [4.69, 9.17) is 4.65 Å². The highest BCUT2D eigenvalue weighted by molar-refractivity contribution is 7.00.